The summed E-state index contributed by atoms with van der Waals surface area (Å²) in [5, 5.41) is 7.11. The second kappa shape index (κ2) is 10.6. The third-order valence-electron chi connectivity index (χ3n) is 6.37. The van der Waals surface area contributed by atoms with Crippen LogP contribution in [0.15, 0.2) is 53.7 Å². The number of ether oxygens (including phenoxy) is 1. The molecule has 2 aromatic rings. The van der Waals surface area contributed by atoms with Crippen molar-refractivity contribution in [2.45, 2.75) is 70.2 Å². The standard InChI is InChI=1S/C25H35N5O/c1-3-13-31-24-12-9-20(16-27-24)17-28-25(26-2)29-21-14-22-10-11-23(15-21)30(22)18-19-7-5-4-6-8-19/h4-9,12,16,21-23H,3,10-11,13-15,17-18H2,1-2H3,(H2,26,28,29). The Morgan fingerprint density at radius 1 is 1.10 bits per heavy atom. The zero-order chi connectivity index (χ0) is 21.5. The summed E-state index contributed by atoms with van der Waals surface area (Å²) < 4.78 is 5.56. The SMILES string of the molecule is CCCOc1ccc(CNC(=NC)NC2CC3CCC(C2)N3Cc2ccccc2)cn1. The fourth-order valence-electron chi connectivity index (χ4n) is 4.83. The number of hydrogen-bond acceptors (Lipinski definition) is 4. The van der Waals surface area contributed by atoms with E-state index in [0.717, 1.165) is 24.5 Å². The molecule has 2 N–H and O–H groups in total. The molecule has 0 aliphatic carbocycles. The van der Waals surface area contributed by atoms with Crippen molar-refractivity contribution in [1.29, 1.82) is 0 Å². The Bertz CT molecular complexity index is 825. The number of aliphatic imine (C=N–C) groups is 1. The van der Waals surface area contributed by atoms with Crippen LogP contribution in [-0.4, -0.2) is 47.6 Å². The van der Waals surface area contributed by atoms with Gasteiger partial charge in [-0.1, -0.05) is 43.3 Å². The van der Waals surface area contributed by atoms with Gasteiger partial charge in [-0.3, -0.25) is 9.89 Å². The molecule has 2 aliphatic rings. The molecular formula is C25H35N5O. The van der Waals surface area contributed by atoms with Crippen LogP contribution in [-0.2, 0) is 13.1 Å². The van der Waals surface area contributed by atoms with Crippen LogP contribution in [0, 0.1) is 0 Å². The summed E-state index contributed by atoms with van der Waals surface area (Å²) in [6.45, 7) is 4.56. The van der Waals surface area contributed by atoms with Gasteiger partial charge in [0.2, 0.25) is 5.88 Å². The zero-order valence-corrected chi connectivity index (χ0v) is 18.8. The van der Waals surface area contributed by atoms with Crippen LogP contribution in [0.5, 0.6) is 5.88 Å². The van der Waals surface area contributed by atoms with Gasteiger partial charge in [0.1, 0.15) is 0 Å². The molecule has 0 saturated carbocycles. The van der Waals surface area contributed by atoms with Crippen molar-refractivity contribution in [1.82, 2.24) is 20.5 Å². The lowest BCUT2D eigenvalue weighted by Crippen LogP contribution is -2.52. The summed E-state index contributed by atoms with van der Waals surface area (Å²) >= 11 is 0. The van der Waals surface area contributed by atoms with Gasteiger partial charge in [0.15, 0.2) is 5.96 Å². The smallest absolute Gasteiger partial charge is 0.213 e. The minimum atomic E-state index is 0.471. The minimum Gasteiger partial charge on any atom is -0.478 e. The lowest BCUT2D eigenvalue weighted by atomic mass is 9.96. The molecule has 6 nitrogen and oxygen atoms in total. The molecule has 166 valence electrons. The molecule has 31 heavy (non-hydrogen) atoms. The molecule has 0 spiro atoms. The Balaban J connectivity index is 1.26. The van der Waals surface area contributed by atoms with Crippen molar-refractivity contribution in [2.24, 2.45) is 4.99 Å². The van der Waals surface area contributed by atoms with Crippen molar-refractivity contribution in [3.05, 3.63) is 59.8 Å². The zero-order valence-electron chi connectivity index (χ0n) is 18.8. The average molecular weight is 422 g/mol. The fraction of sp³-hybridized carbons (Fsp3) is 0.520. The van der Waals surface area contributed by atoms with Gasteiger partial charge >= 0.3 is 0 Å². The third-order valence-corrected chi connectivity index (χ3v) is 6.37. The molecule has 0 amide bonds. The average Bonchev–Trinajstić information content (AvgIpc) is 3.04. The summed E-state index contributed by atoms with van der Waals surface area (Å²) in [5.74, 6) is 1.55. The topological polar surface area (TPSA) is 61.8 Å². The quantitative estimate of drug-likeness (QED) is 0.502. The van der Waals surface area contributed by atoms with Crippen molar-refractivity contribution in [2.75, 3.05) is 13.7 Å². The van der Waals surface area contributed by atoms with E-state index in [1.807, 2.05) is 19.3 Å². The van der Waals surface area contributed by atoms with Gasteiger partial charge in [0.05, 0.1) is 6.61 Å². The number of pyridine rings is 1. The molecule has 6 heteroatoms. The second-order valence-corrected chi connectivity index (χ2v) is 8.63. The van der Waals surface area contributed by atoms with E-state index in [2.05, 4.69) is 68.8 Å². The molecule has 2 fully saturated rings. The summed E-state index contributed by atoms with van der Waals surface area (Å²) in [4.78, 5) is 11.5. The fourth-order valence-corrected chi connectivity index (χ4v) is 4.83. The number of rotatable bonds is 8. The summed E-state index contributed by atoms with van der Waals surface area (Å²) in [6.07, 6.45) is 7.82. The van der Waals surface area contributed by atoms with E-state index in [1.165, 1.54) is 31.2 Å². The highest BCUT2D eigenvalue weighted by molar-refractivity contribution is 5.80. The van der Waals surface area contributed by atoms with Crippen molar-refractivity contribution in [3.8, 4) is 5.88 Å². The van der Waals surface area contributed by atoms with Crippen LogP contribution >= 0.6 is 0 Å². The van der Waals surface area contributed by atoms with Crippen LogP contribution in [0.3, 0.4) is 0 Å². The number of guanidine groups is 1. The molecule has 2 bridgehead atoms. The lowest BCUT2D eigenvalue weighted by Gasteiger charge is -2.39. The Hall–Kier alpha value is -2.60. The van der Waals surface area contributed by atoms with Gasteiger partial charge in [-0.15, -0.1) is 0 Å². The maximum absolute atomic E-state index is 5.56. The van der Waals surface area contributed by atoms with Crippen LogP contribution in [0.25, 0.3) is 0 Å². The van der Waals surface area contributed by atoms with E-state index >= 15 is 0 Å². The molecule has 1 aromatic heterocycles. The first kappa shape index (κ1) is 21.6. The largest absolute Gasteiger partial charge is 0.478 e. The van der Waals surface area contributed by atoms with Gasteiger partial charge in [-0.2, -0.15) is 0 Å². The van der Waals surface area contributed by atoms with E-state index < -0.39 is 0 Å². The van der Waals surface area contributed by atoms with Gasteiger partial charge in [-0.25, -0.2) is 4.98 Å². The molecule has 3 heterocycles. The minimum absolute atomic E-state index is 0.471. The van der Waals surface area contributed by atoms with Gasteiger partial charge < -0.3 is 15.4 Å². The Morgan fingerprint density at radius 3 is 2.52 bits per heavy atom. The van der Waals surface area contributed by atoms with Crippen LogP contribution in [0.2, 0.25) is 0 Å². The van der Waals surface area contributed by atoms with E-state index in [0.29, 0.717) is 37.2 Å². The Kier molecular flexibility index (Phi) is 7.41. The number of nitrogens with one attached hydrogen (secondary N) is 2. The number of nitrogens with zero attached hydrogens (tertiary/aromatic N) is 3. The van der Waals surface area contributed by atoms with E-state index in [9.17, 15) is 0 Å². The molecule has 2 unspecified atom stereocenters. The predicted octanol–water partition coefficient (Wildman–Crippen LogP) is 3.73. The van der Waals surface area contributed by atoms with Gasteiger partial charge in [0.25, 0.3) is 0 Å². The van der Waals surface area contributed by atoms with E-state index in [4.69, 9.17) is 4.74 Å². The normalized spacial score (nSPS) is 23.5. The predicted molar refractivity (Wildman–Crippen MR) is 125 cm³/mol. The number of hydrogen-bond donors (Lipinski definition) is 2. The number of benzene rings is 1. The summed E-state index contributed by atoms with van der Waals surface area (Å²) in [6, 6.07) is 16.6. The summed E-state index contributed by atoms with van der Waals surface area (Å²) in [7, 11) is 1.84. The molecule has 0 radical (unpaired) electrons. The highest BCUT2D eigenvalue weighted by Crippen LogP contribution is 2.36. The maximum Gasteiger partial charge on any atom is 0.213 e. The first-order valence-electron chi connectivity index (χ1n) is 11.6. The Labute approximate surface area is 186 Å². The molecule has 4 rings (SSSR count). The van der Waals surface area contributed by atoms with Gasteiger partial charge in [0, 0.05) is 50.5 Å². The highest BCUT2D eigenvalue weighted by atomic mass is 16.5. The van der Waals surface area contributed by atoms with Gasteiger partial charge in [-0.05, 0) is 43.2 Å². The maximum atomic E-state index is 5.56. The molecule has 2 aliphatic heterocycles. The van der Waals surface area contributed by atoms with E-state index in [1.54, 1.807) is 0 Å². The third kappa shape index (κ3) is 5.76. The summed E-state index contributed by atoms with van der Waals surface area (Å²) in [5.41, 5.74) is 2.53. The Morgan fingerprint density at radius 2 is 1.87 bits per heavy atom. The van der Waals surface area contributed by atoms with Crippen molar-refractivity contribution >= 4 is 5.96 Å². The number of piperidine rings is 1. The second-order valence-electron chi connectivity index (χ2n) is 8.63. The number of aromatic nitrogens is 1. The highest BCUT2D eigenvalue weighted by Gasteiger charge is 2.40. The monoisotopic (exact) mass is 421 g/mol. The van der Waals surface area contributed by atoms with Crippen LogP contribution in [0.1, 0.15) is 50.2 Å². The van der Waals surface area contributed by atoms with Crippen LogP contribution in [0.4, 0.5) is 0 Å². The lowest BCUT2D eigenvalue weighted by molar-refractivity contribution is 0.114. The van der Waals surface area contributed by atoms with Crippen molar-refractivity contribution < 1.29 is 4.74 Å². The van der Waals surface area contributed by atoms with Crippen molar-refractivity contribution in [3.63, 3.8) is 0 Å². The molecule has 2 atom stereocenters. The first-order chi connectivity index (χ1) is 15.2. The molecular weight excluding hydrogens is 386 g/mol. The molecule has 1 aromatic carbocycles. The first-order valence-corrected chi connectivity index (χ1v) is 11.6. The number of fused-ring (bicyclic) bond motifs is 2. The van der Waals surface area contributed by atoms with E-state index in [-0.39, 0.29) is 0 Å². The molecule has 2 saturated heterocycles. The van der Waals surface area contributed by atoms with Crippen LogP contribution < -0.4 is 15.4 Å².